The van der Waals surface area contributed by atoms with Crippen LogP contribution in [0.2, 0.25) is 0 Å². The number of ether oxygens (including phenoxy) is 1. The average molecular weight is 395 g/mol. The van der Waals surface area contributed by atoms with Gasteiger partial charge in [0.05, 0.1) is 0 Å². The molecule has 1 aromatic carbocycles. The van der Waals surface area contributed by atoms with Crippen molar-refractivity contribution in [2.24, 2.45) is 0 Å². The van der Waals surface area contributed by atoms with Gasteiger partial charge in [-0.25, -0.2) is 15.0 Å². The first kappa shape index (κ1) is 17.7. The van der Waals surface area contributed by atoms with E-state index in [1.807, 2.05) is 24.4 Å². The molecule has 2 aliphatic rings. The van der Waals surface area contributed by atoms with Crippen LogP contribution < -0.4 is 4.90 Å². The zero-order valence-corrected chi connectivity index (χ0v) is 16.5. The standard InChI is InChI=1S/C21H22N4O2S/c1-20(26,19-23-8-11-28-19)15-2-3-16-17(12-15)25(18-4-7-22-14-24-18)13-21(16)5-9-27-10-6-21/h2-4,7-8,11-12,14,26H,5-6,9-10,13H2,1H3/t20-/m1/s1. The Morgan fingerprint density at radius 1 is 1.18 bits per heavy atom. The first-order valence-electron chi connectivity index (χ1n) is 9.49. The monoisotopic (exact) mass is 394 g/mol. The van der Waals surface area contributed by atoms with Gasteiger partial charge in [0.2, 0.25) is 0 Å². The highest BCUT2D eigenvalue weighted by Gasteiger charge is 2.45. The number of nitrogens with zero attached hydrogens (tertiary/aromatic N) is 4. The highest BCUT2D eigenvalue weighted by atomic mass is 32.1. The van der Waals surface area contributed by atoms with Gasteiger partial charge < -0.3 is 14.7 Å². The van der Waals surface area contributed by atoms with Crippen LogP contribution in [-0.4, -0.2) is 39.8 Å². The number of hydrogen-bond acceptors (Lipinski definition) is 7. The van der Waals surface area contributed by atoms with Crippen LogP contribution >= 0.6 is 11.3 Å². The van der Waals surface area contributed by atoms with Gasteiger partial charge in [-0.15, -0.1) is 11.3 Å². The maximum absolute atomic E-state index is 11.2. The van der Waals surface area contributed by atoms with Gasteiger partial charge in [0.15, 0.2) is 0 Å². The molecule has 1 N–H and O–H groups in total. The number of aromatic nitrogens is 3. The lowest BCUT2D eigenvalue weighted by Crippen LogP contribution is -2.37. The third-order valence-corrected chi connectivity index (χ3v) is 7.01. The Labute approximate surface area is 167 Å². The molecule has 1 atom stereocenters. The SMILES string of the molecule is C[C@@](O)(c1ccc2c(c1)N(c1ccncn1)CC21CCOCC1)c1nccs1. The summed E-state index contributed by atoms with van der Waals surface area (Å²) in [6.07, 6.45) is 7.06. The Morgan fingerprint density at radius 2 is 2.04 bits per heavy atom. The molecule has 144 valence electrons. The Morgan fingerprint density at radius 3 is 2.75 bits per heavy atom. The van der Waals surface area contributed by atoms with Crippen molar-refractivity contribution in [2.45, 2.75) is 30.8 Å². The van der Waals surface area contributed by atoms with Crippen molar-refractivity contribution < 1.29 is 9.84 Å². The van der Waals surface area contributed by atoms with E-state index in [4.69, 9.17) is 4.74 Å². The van der Waals surface area contributed by atoms with Gasteiger partial charge in [0.25, 0.3) is 0 Å². The number of hydrogen-bond donors (Lipinski definition) is 1. The Kier molecular flexibility index (Phi) is 4.19. The summed E-state index contributed by atoms with van der Waals surface area (Å²) in [6, 6.07) is 8.26. The van der Waals surface area contributed by atoms with Crippen LogP contribution in [0.5, 0.6) is 0 Å². The second-order valence-electron chi connectivity index (χ2n) is 7.69. The summed E-state index contributed by atoms with van der Waals surface area (Å²) in [5, 5.41) is 13.8. The number of rotatable bonds is 3. The first-order chi connectivity index (χ1) is 13.6. The molecular formula is C21H22N4O2S. The van der Waals surface area contributed by atoms with E-state index in [0.29, 0.717) is 5.01 Å². The van der Waals surface area contributed by atoms with Crippen molar-refractivity contribution in [2.75, 3.05) is 24.7 Å². The van der Waals surface area contributed by atoms with Gasteiger partial charge in [-0.3, -0.25) is 0 Å². The molecule has 1 fully saturated rings. The van der Waals surface area contributed by atoms with Crippen LogP contribution in [0, 0.1) is 0 Å². The van der Waals surface area contributed by atoms with Crippen molar-refractivity contribution in [3.63, 3.8) is 0 Å². The van der Waals surface area contributed by atoms with Gasteiger partial charge in [0.1, 0.15) is 22.8 Å². The number of benzene rings is 1. The third kappa shape index (κ3) is 2.73. The van der Waals surface area contributed by atoms with Crippen molar-refractivity contribution in [3.05, 3.63) is 64.5 Å². The minimum atomic E-state index is -1.13. The smallest absolute Gasteiger partial charge is 0.138 e. The van der Waals surface area contributed by atoms with Crippen LogP contribution in [0.25, 0.3) is 0 Å². The summed E-state index contributed by atoms with van der Waals surface area (Å²) in [5.41, 5.74) is 2.18. The molecule has 3 aromatic rings. The summed E-state index contributed by atoms with van der Waals surface area (Å²) < 4.78 is 5.65. The van der Waals surface area contributed by atoms with Crippen molar-refractivity contribution in [3.8, 4) is 0 Å². The molecule has 0 amide bonds. The second kappa shape index (κ2) is 6.62. The van der Waals surface area contributed by atoms with E-state index in [9.17, 15) is 5.11 Å². The van der Waals surface area contributed by atoms with E-state index in [0.717, 1.165) is 49.7 Å². The number of anilines is 2. The topological polar surface area (TPSA) is 71.4 Å². The van der Waals surface area contributed by atoms with E-state index in [1.165, 1.54) is 16.9 Å². The lowest BCUT2D eigenvalue weighted by molar-refractivity contribution is 0.0557. The largest absolute Gasteiger partial charge is 0.381 e. The molecule has 5 rings (SSSR count). The highest BCUT2D eigenvalue weighted by Crippen LogP contribution is 2.50. The predicted molar refractivity (Wildman–Crippen MR) is 108 cm³/mol. The number of fused-ring (bicyclic) bond motifs is 2. The van der Waals surface area contributed by atoms with Gasteiger partial charge >= 0.3 is 0 Å². The number of thiazole rings is 1. The molecule has 1 spiro atoms. The molecule has 0 saturated carbocycles. The quantitative estimate of drug-likeness (QED) is 0.734. The van der Waals surface area contributed by atoms with Gasteiger partial charge in [-0.2, -0.15) is 0 Å². The molecule has 28 heavy (non-hydrogen) atoms. The van der Waals surface area contributed by atoms with Gasteiger partial charge in [-0.1, -0.05) is 12.1 Å². The maximum atomic E-state index is 11.2. The van der Waals surface area contributed by atoms with E-state index in [1.54, 1.807) is 18.7 Å². The molecule has 4 heterocycles. The Hall–Kier alpha value is -2.35. The zero-order chi connectivity index (χ0) is 19.2. The van der Waals surface area contributed by atoms with Crippen LogP contribution in [0.3, 0.4) is 0 Å². The molecule has 0 unspecified atom stereocenters. The summed E-state index contributed by atoms with van der Waals surface area (Å²) in [4.78, 5) is 15.1. The zero-order valence-electron chi connectivity index (χ0n) is 15.7. The lowest BCUT2D eigenvalue weighted by Gasteiger charge is -2.34. The van der Waals surface area contributed by atoms with Crippen molar-refractivity contribution >= 4 is 22.8 Å². The fourth-order valence-corrected chi connectivity index (χ4v) is 5.12. The Bertz CT molecular complexity index is 969. The fourth-order valence-electron chi connectivity index (χ4n) is 4.40. The minimum absolute atomic E-state index is 0.0596. The normalized spacial score (nSPS) is 20.1. The van der Waals surface area contributed by atoms with E-state index < -0.39 is 5.60 Å². The molecule has 6 nitrogen and oxygen atoms in total. The lowest BCUT2D eigenvalue weighted by atomic mass is 9.75. The molecule has 2 aliphatic heterocycles. The molecule has 1 saturated heterocycles. The summed E-state index contributed by atoms with van der Waals surface area (Å²) in [6.45, 7) is 4.22. The summed E-state index contributed by atoms with van der Waals surface area (Å²) in [5.74, 6) is 0.880. The third-order valence-electron chi connectivity index (χ3n) is 6.02. The van der Waals surface area contributed by atoms with Crippen molar-refractivity contribution in [1.29, 1.82) is 0 Å². The van der Waals surface area contributed by atoms with Crippen LogP contribution in [0.15, 0.2) is 48.4 Å². The molecule has 7 heteroatoms. The average Bonchev–Trinajstić information content (AvgIpc) is 3.37. The Balaban J connectivity index is 1.64. The fraction of sp³-hybridized carbons (Fsp3) is 0.381. The molecule has 0 aliphatic carbocycles. The van der Waals surface area contributed by atoms with Crippen molar-refractivity contribution in [1.82, 2.24) is 15.0 Å². The summed E-state index contributed by atoms with van der Waals surface area (Å²) in [7, 11) is 0. The first-order valence-corrected chi connectivity index (χ1v) is 10.4. The molecule has 0 radical (unpaired) electrons. The van der Waals surface area contributed by atoms with Crippen LogP contribution in [-0.2, 0) is 15.8 Å². The summed E-state index contributed by atoms with van der Waals surface area (Å²) >= 11 is 1.46. The molecule has 2 aromatic heterocycles. The van der Waals surface area contributed by atoms with Crippen LogP contribution in [0.4, 0.5) is 11.5 Å². The maximum Gasteiger partial charge on any atom is 0.138 e. The van der Waals surface area contributed by atoms with E-state index >= 15 is 0 Å². The van der Waals surface area contributed by atoms with Gasteiger partial charge in [-0.05, 0) is 43.0 Å². The van der Waals surface area contributed by atoms with E-state index in [-0.39, 0.29) is 5.41 Å². The number of aliphatic hydroxyl groups is 1. The minimum Gasteiger partial charge on any atom is -0.381 e. The predicted octanol–water partition coefficient (Wildman–Crippen LogP) is 3.39. The van der Waals surface area contributed by atoms with E-state index in [2.05, 4.69) is 32.0 Å². The van der Waals surface area contributed by atoms with Crippen LogP contribution in [0.1, 0.15) is 35.9 Å². The van der Waals surface area contributed by atoms with Gasteiger partial charge in [0, 0.05) is 48.6 Å². The molecule has 0 bridgehead atoms. The second-order valence-corrected chi connectivity index (χ2v) is 8.58. The highest BCUT2D eigenvalue weighted by molar-refractivity contribution is 7.09. The molecular weight excluding hydrogens is 372 g/mol.